The van der Waals surface area contributed by atoms with E-state index in [1.807, 2.05) is 0 Å². The van der Waals surface area contributed by atoms with Gasteiger partial charge in [0.2, 0.25) is 0 Å². The highest BCUT2D eigenvalue weighted by Crippen LogP contribution is 2.55. The van der Waals surface area contributed by atoms with E-state index in [1.54, 1.807) is 5.57 Å². The Kier molecular flexibility index (Phi) is 2.97. The molecule has 3 unspecified atom stereocenters. The molecule has 16 heavy (non-hydrogen) atoms. The molecule has 0 heterocycles. The maximum absolute atomic E-state index is 4.36. The van der Waals surface area contributed by atoms with Crippen molar-refractivity contribution < 1.29 is 0 Å². The molecule has 0 spiro atoms. The third-order valence-corrected chi connectivity index (χ3v) is 5.39. The standard InChI is InChI=1S/C16H28/c1-12-7-6-9-16(5)10-8-13(11-14(12)16)15(2,3)4/h13-14H,1,6-11H2,2-5H3. The van der Waals surface area contributed by atoms with E-state index in [0.29, 0.717) is 10.8 Å². The van der Waals surface area contributed by atoms with Gasteiger partial charge in [-0.25, -0.2) is 0 Å². The van der Waals surface area contributed by atoms with Gasteiger partial charge in [0.25, 0.3) is 0 Å². The molecule has 2 aliphatic rings. The predicted molar refractivity (Wildman–Crippen MR) is 71.4 cm³/mol. The summed E-state index contributed by atoms with van der Waals surface area (Å²) in [7, 11) is 0. The first-order chi connectivity index (χ1) is 7.33. The van der Waals surface area contributed by atoms with Crippen molar-refractivity contribution in [3.8, 4) is 0 Å². The minimum Gasteiger partial charge on any atom is -0.0996 e. The van der Waals surface area contributed by atoms with E-state index in [1.165, 1.54) is 38.5 Å². The third-order valence-electron chi connectivity index (χ3n) is 5.39. The molecule has 0 saturated heterocycles. The van der Waals surface area contributed by atoms with Crippen LogP contribution in [-0.4, -0.2) is 0 Å². The first kappa shape index (κ1) is 12.2. The minimum atomic E-state index is 0.485. The van der Waals surface area contributed by atoms with Crippen LogP contribution >= 0.6 is 0 Å². The second-order valence-electron chi connectivity index (χ2n) is 7.56. The summed E-state index contributed by atoms with van der Waals surface area (Å²) in [5, 5.41) is 0. The summed E-state index contributed by atoms with van der Waals surface area (Å²) in [5.74, 6) is 1.72. The molecule has 3 atom stereocenters. The Morgan fingerprint density at radius 1 is 1.25 bits per heavy atom. The fourth-order valence-corrected chi connectivity index (χ4v) is 4.00. The molecule has 0 bridgehead atoms. The average molecular weight is 220 g/mol. The fraction of sp³-hybridized carbons (Fsp3) is 0.875. The summed E-state index contributed by atoms with van der Waals surface area (Å²) < 4.78 is 0. The van der Waals surface area contributed by atoms with Crippen molar-refractivity contribution in [2.45, 2.75) is 66.2 Å². The smallest absolute Gasteiger partial charge is 0.0149 e. The highest BCUT2D eigenvalue weighted by atomic mass is 14.5. The fourth-order valence-electron chi connectivity index (χ4n) is 4.00. The van der Waals surface area contributed by atoms with Gasteiger partial charge in [-0.2, -0.15) is 0 Å². The molecular weight excluding hydrogens is 192 g/mol. The molecule has 2 aliphatic carbocycles. The lowest BCUT2D eigenvalue weighted by atomic mass is 9.54. The number of fused-ring (bicyclic) bond motifs is 1. The lowest BCUT2D eigenvalue weighted by Gasteiger charge is -2.51. The molecule has 0 aliphatic heterocycles. The molecule has 2 fully saturated rings. The van der Waals surface area contributed by atoms with Crippen LogP contribution in [0.3, 0.4) is 0 Å². The predicted octanol–water partition coefficient (Wildman–Crippen LogP) is 5.20. The number of allylic oxidation sites excluding steroid dienone is 1. The topological polar surface area (TPSA) is 0 Å². The van der Waals surface area contributed by atoms with Crippen molar-refractivity contribution in [3.63, 3.8) is 0 Å². The van der Waals surface area contributed by atoms with Crippen LogP contribution in [0.2, 0.25) is 0 Å². The van der Waals surface area contributed by atoms with Crippen LogP contribution in [0.15, 0.2) is 12.2 Å². The Hall–Kier alpha value is -0.260. The minimum absolute atomic E-state index is 0.485. The zero-order valence-corrected chi connectivity index (χ0v) is 11.6. The number of hydrogen-bond acceptors (Lipinski definition) is 0. The molecule has 2 rings (SSSR count). The van der Waals surface area contributed by atoms with Crippen molar-refractivity contribution in [1.29, 1.82) is 0 Å². The van der Waals surface area contributed by atoms with Crippen molar-refractivity contribution >= 4 is 0 Å². The SMILES string of the molecule is C=C1CCCC2(C)CCC(C(C)(C)C)CC12. The Bertz CT molecular complexity index is 281. The van der Waals surface area contributed by atoms with Gasteiger partial charge >= 0.3 is 0 Å². The summed E-state index contributed by atoms with van der Waals surface area (Å²) in [4.78, 5) is 0. The van der Waals surface area contributed by atoms with Gasteiger partial charge in [0.15, 0.2) is 0 Å². The summed E-state index contributed by atoms with van der Waals surface area (Å²) >= 11 is 0. The Balaban J connectivity index is 2.15. The molecule has 0 aromatic carbocycles. The van der Waals surface area contributed by atoms with Gasteiger partial charge in [-0.1, -0.05) is 39.8 Å². The second kappa shape index (κ2) is 3.89. The van der Waals surface area contributed by atoms with Gasteiger partial charge in [0, 0.05) is 0 Å². The van der Waals surface area contributed by atoms with E-state index in [4.69, 9.17) is 0 Å². The Morgan fingerprint density at radius 3 is 2.56 bits per heavy atom. The van der Waals surface area contributed by atoms with E-state index in [-0.39, 0.29) is 0 Å². The number of hydrogen-bond donors (Lipinski definition) is 0. The van der Waals surface area contributed by atoms with Gasteiger partial charge < -0.3 is 0 Å². The largest absolute Gasteiger partial charge is 0.0996 e. The van der Waals surface area contributed by atoms with Crippen LogP contribution in [0.5, 0.6) is 0 Å². The van der Waals surface area contributed by atoms with Gasteiger partial charge in [-0.05, 0) is 61.2 Å². The van der Waals surface area contributed by atoms with Crippen LogP contribution in [0, 0.1) is 22.7 Å². The van der Waals surface area contributed by atoms with E-state index >= 15 is 0 Å². The van der Waals surface area contributed by atoms with E-state index < -0.39 is 0 Å². The lowest BCUT2D eigenvalue weighted by Crippen LogP contribution is -2.40. The Morgan fingerprint density at radius 2 is 1.94 bits per heavy atom. The van der Waals surface area contributed by atoms with Crippen molar-refractivity contribution in [1.82, 2.24) is 0 Å². The molecule has 0 heteroatoms. The summed E-state index contributed by atoms with van der Waals surface area (Å²) in [5.41, 5.74) is 2.64. The first-order valence-corrected chi connectivity index (χ1v) is 7.00. The zero-order chi connectivity index (χ0) is 12.0. The van der Waals surface area contributed by atoms with E-state index in [0.717, 1.165) is 11.8 Å². The average Bonchev–Trinajstić information content (AvgIpc) is 2.15. The third kappa shape index (κ3) is 2.08. The molecule has 2 saturated carbocycles. The monoisotopic (exact) mass is 220 g/mol. The van der Waals surface area contributed by atoms with E-state index in [2.05, 4.69) is 34.3 Å². The van der Waals surface area contributed by atoms with Gasteiger partial charge in [-0.3, -0.25) is 0 Å². The van der Waals surface area contributed by atoms with Gasteiger partial charge in [0.05, 0.1) is 0 Å². The van der Waals surface area contributed by atoms with Crippen molar-refractivity contribution in [3.05, 3.63) is 12.2 Å². The summed E-state index contributed by atoms with van der Waals surface area (Å²) in [6, 6.07) is 0. The van der Waals surface area contributed by atoms with Crippen molar-refractivity contribution in [2.24, 2.45) is 22.7 Å². The molecule has 0 radical (unpaired) electrons. The first-order valence-electron chi connectivity index (χ1n) is 7.00. The molecule has 0 aromatic rings. The molecule has 0 N–H and O–H groups in total. The van der Waals surface area contributed by atoms with Crippen LogP contribution in [0.4, 0.5) is 0 Å². The Labute approximate surface area is 102 Å². The molecule has 0 amide bonds. The zero-order valence-electron chi connectivity index (χ0n) is 11.6. The highest BCUT2D eigenvalue weighted by Gasteiger charge is 2.45. The lowest BCUT2D eigenvalue weighted by molar-refractivity contribution is 0.0332. The normalized spacial score (nSPS) is 40.6. The maximum atomic E-state index is 4.36. The second-order valence-corrected chi connectivity index (χ2v) is 7.56. The van der Waals surface area contributed by atoms with E-state index in [9.17, 15) is 0 Å². The molecule has 0 nitrogen and oxygen atoms in total. The van der Waals surface area contributed by atoms with Gasteiger partial charge in [0.1, 0.15) is 0 Å². The van der Waals surface area contributed by atoms with Crippen LogP contribution < -0.4 is 0 Å². The summed E-state index contributed by atoms with van der Waals surface area (Å²) in [6.45, 7) is 14.1. The molecule has 92 valence electrons. The van der Waals surface area contributed by atoms with Crippen molar-refractivity contribution in [2.75, 3.05) is 0 Å². The van der Waals surface area contributed by atoms with Gasteiger partial charge in [-0.15, -0.1) is 0 Å². The van der Waals surface area contributed by atoms with Crippen LogP contribution in [0.1, 0.15) is 66.2 Å². The summed E-state index contributed by atoms with van der Waals surface area (Å²) in [6.07, 6.45) is 8.37. The maximum Gasteiger partial charge on any atom is -0.0149 e. The highest BCUT2D eigenvalue weighted by molar-refractivity contribution is 5.12. The van der Waals surface area contributed by atoms with Crippen LogP contribution in [0.25, 0.3) is 0 Å². The molecular formula is C16H28. The van der Waals surface area contributed by atoms with Crippen LogP contribution in [-0.2, 0) is 0 Å². The molecule has 0 aromatic heterocycles. The number of rotatable bonds is 0. The quantitative estimate of drug-likeness (QED) is 0.492.